The number of piperidine rings is 1. The standard InChI is InChI=1S/C25H27N5O4/c1-25(2,3)27-12-15(11-26)4-5-16-13-29(14-16)17-6-7-18-19(10-17)24(34)30(23(18)33)20-8-9-21(31)28-22(20)32/h6-7,10-12,16,20H,8-9,13-14,26H2,1-3H3,(H,28,31,32). The van der Waals surface area contributed by atoms with E-state index in [0.29, 0.717) is 18.7 Å². The molecular formula is C25H27N5O4. The molecule has 1 aromatic rings. The fourth-order valence-electron chi connectivity index (χ4n) is 4.00. The molecular weight excluding hydrogens is 434 g/mol. The molecule has 1 atom stereocenters. The maximum Gasteiger partial charge on any atom is 0.262 e. The van der Waals surface area contributed by atoms with Gasteiger partial charge in [0.2, 0.25) is 11.8 Å². The van der Waals surface area contributed by atoms with Crippen LogP contribution in [0.25, 0.3) is 0 Å². The van der Waals surface area contributed by atoms with Crippen molar-refractivity contribution in [1.29, 1.82) is 0 Å². The fourth-order valence-corrected chi connectivity index (χ4v) is 4.00. The molecule has 3 N–H and O–H groups in total. The molecule has 0 saturated carbocycles. The van der Waals surface area contributed by atoms with Gasteiger partial charge in [-0.1, -0.05) is 11.8 Å². The van der Waals surface area contributed by atoms with Gasteiger partial charge in [-0.15, -0.1) is 0 Å². The number of amides is 4. The SMILES string of the molecule is CC(C)(C)N=CC(C#CC1CN(c2ccc3c(c2)C(=O)N(C2CCC(=O)NC2=O)C3=O)C1)=CN. The number of carbonyl (C=O) groups excluding carboxylic acids is 4. The van der Waals surface area contributed by atoms with E-state index in [9.17, 15) is 19.2 Å². The molecule has 9 nitrogen and oxygen atoms in total. The van der Waals surface area contributed by atoms with Crippen LogP contribution in [0.2, 0.25) is 0 Å². The Bertz CT molecular complexity index is 1190. The molecule has 0 bridgehead atoms. The van der Waals surface area contributed by atoms with E-state index in [0.717, 1.165) is 10.6 Å². The van der Waals surface area contributed by atoms with Gasteiger partial charge in [-0.25, -0.2) is 0 Å². The van der Waals surface area contributed by atoms with Crippen LogP contribution in [0, 0.1) is 17.8 Å². The van der Waals surface area contributed by atoms with Crippen LogP contribution in [0.15, 0.2) is 35.0 Å². The van der Waals surface area contributed by atoms with Gasteiger partial charge in [0.25, 0.3) is 11.8 Å². The zero-order chi connectivity index (χ0) is 24.6. The molecule has 4 amide bonds. The number of imide groups is 2. The molecule has 0 aliphatic carbocycles. The summed E-state index contributed by atoms with van der Waals surface area (Å²) in [6, 6.07) is 4.13. The summed E-state index contributed by atoms with van der Waals surface area (Å²) >= 11 is 0. The second-order valence-electron chi connectivity index (χ2n) is 9.60. The third-order valence-corrected chi connectivity index (χ3v) is 5.86. The van der Waals surface area contributed by atoms with Gasteiger partial charge in [-0.05, 0) is 45.4 Å². The number of rotatable bonds is 3. The van der Waals surface area contributed by atoms with Crippen molar-refractivity contribution in [2.24, 2.45) is 16.6 Å². The third-order valence-electron chi connectivity index (χ3n) is 5.86. The highest BCUT2D eigenvalue weighted by Crippen LogP contribution is 2.32. The van der Waals surface area contributed by atoms with Gasteiger partial charge < -0.3 is 10.6 Å². The van der Waals surface area contributed by atoms with E-state index >= 15 is 0 Å². The molecule has 0 aromatic heterocycles. The molecule has 1 unspecified atom stereocenters. The third kappa shape index (κ3) is 4.57. The molecule has 176 valence electrons. The van der Waals surface area contributed by atoms with Crippen molar-refractivity contribution < 1.29 is 19.2 Å². The Morgan fingerprint density at radius 1 is 1.15 bits per heavy atom. The van der Waals surface area contributed by atoms with Crippen LogP contribution in [0.5, 0.6) is 0 Å². The normalized spacial score (nSPS) is 21.4. The Balaban J connectivity index is 1.43. The minimum Gasteiger partial charge on any atom is -0.404 e. The van der Waals surface area contributed by atoms with Crippen molar-refractivity contribution in [3.63, 3.8) is 0 Å². The van der Waals surface area contributed by atoms with Crippen molar-refractivity contribution in [3.05, 3.63) is 41.1 Å². The summed E-state index contributed by atoms with van der Waals surface area (Å²) in [7, 11) is 0. The Morgan fingerprint density at radius 3 is 2.50 bits per heavy atom. The van der Waals surface area contributed by atoms with Crippen molar-refractivity contribution >= 4 is 35.5 Å². The number of allylic oxidation sites excluding steroid dienone is 1. The first-order valence-corrected chi connectivity index (χ1v) is 11.2. The van der Waals surface area contributed by atoms with Gasteiger partial charge in [0, 0.05) is 37.6 Å². The smallest absolute Gasteiger partial charge is 0.262 e. The maximum absolute atomic E-state index is 13.0. The number of nitrogens with zero attached hydrogens (tertiary/aromatic N) is 3. The first-order chi connectivity index (χ1) is 16.1. The predicted octanol–water partition coefficient (Wildman–Crippen LogP) is 1.24. The highest BCUT2D eigenvalue weighted by Gasteiger charge is 2.45. The average Bonchev–Trinajstić information content (AvgIpc) is 2.98. The highest BCUT2D eigenvalue weighted by atomic mass is 16.2. The summed E-state index contributed by atoms with van der Waals surface area (Å²) in [5, 5.41) is 2.20. The second-order valence-corrected chi connectivity index (χ2v) is 9.60. The number of benzene rings is 1. The van der Waals surface area contributed by atoms with Gasteiger partial charge in [-0.3, -0.25) is 34.4 Å². The number of fused-ring (bicyclic) bond motifs is 1. The molecule has 3 aliphatic rings. The molecule has 3 heterocycles. The minimum atomic E-state index is -0.969. The summed E-state index contributed by atoms with van der Waals surface area (Å²) in [5.74, 6) is 4.37. The van der Waals surface area contributed by atoms with E-state index in [4.69, 9.17) is 5.73 Å². The van der Waals surface area contributed by atoms with Crippen LogP contribution in [0.4, 0.5) is 5.69 Å². The zero-order valence-electron chi connectivity index (χ0n) is 19.4. The van der Waals surface area contributed by atoms with E-state index in [1.54, 1.807) is 24.4 Å². The lowest BCUT2D eigenvalue weighted by molar-refractivity contribution is -0.136. The Morgan fingerprint density at radius 2 is 1.85 bits per heavy atom. The van der Waals surface area contributed by atoms with E-state index in [1.807, 2.05) is 20.8 Å². The van der Waals surface area contributed by atoms with E-state index in [2.05, 4.69) is 27.0 Å². The van der Waals surface area contributed by atoms with Gasteiger partial charge in [0.15, 0.2) is 0 Å². The minimum absolute atomic E-state index is 0.0916. The van der Waals surface area contributed by atoms with Gasteiger partial charge >= 0.3 is 0 Å². The largest absolute Gasteiger partial charge is 0.404 e. The first-order valence-electron chi connectivity index (χ1n) is 11.2. The van der Waals surface area contributed by atoms with Gasteiger partial charge in [-0.2, -0.15) is 0 Å². The Kier molecular flexibility index (Phi) is 6.00. The molecule has 3 aliphatic heterocycles. The van der Waals surface area contributed by atoms with Gasteiger partial charge in [0.05, 0.1) is 28.2 Å². The number of anilines is 1. The zero-order valence-corrected chi connectivity index (χ0v) is 19.4. The molecule has 4 rings (SSSR count). The van der Waals surface area contributed by atoms with Crippen molar-refractivity contribution in [2.75, 3.05) is 18.0 Å². The molecule has 34 heavy (non-hydrogen) atoms. The monoisotopic (exact) mass is 461 g/mol. The topological polar surface area (TPSA) is 125 Å². The molecule has 2 fully saturated rings. The lowest BCUT2D eigenvalue weighted by Gasteiger charge is -2.38. The first kappa shape index (κ1) is 23.2. The van der Waals surface area contributed by atoms with Crippen LogP contribution in [0.3, 0.4) is 0 Å². The van der Waals surface area contributed by atoms with Crippen LogP contribution < -0.4 is 16.0 Å². The lowest BCUT2D eigenvalue weighted by atomic mass is 9.98. The maximum atomic E-state index is 13.0. The number of carbonyl (C=O) groups is 4. The van der Waals surface area contributed by atoms with E-state index in [1.165, 1.54) is 6.20 Å². The van der Waals surface area contributed by atoms with Crippen molar-refractivity contribution in [3.8, 4) is 11.8 Å². The number of nitrogens with one attached hydrogen (secondary N) is 1. The Hall–Kier alpha value is -3.93. The molecule has 1 aromatic carbocycles. The van der Waals surface area contributed by atoms with Gasteiger partial charge in [0.1, 0.15) is 6.04 Å². The summed E-state index contributed by atoms with van der Waals surface area (Å²) in [6.07, 6.45) is 3.35. The predicted molar refractivity (Wildman–Crippen MR) is 127 cm³/mol. The lowest BCUT2D eigenvalue weighted by Crippen LogP contribution is -2.54. The summed E-state index contributed by atoms with van der Waals surface area (Å²) < 4.78 is 0. The Labute approximate surface area is 198 Å². The number of aliphatic imine (C=N–C) groups is 1. The van der Waals surface area contributed by atoms with Crippen LogP contribution in [-0.2, 0) is 9.59 Å². The van der Waals surface area contributed by atoms with Crippen LogP contribution >= 0.6 is 0 Å². The average molecular weight is 462 g/mol. The molecule has 9 heteroatoms. The summed E-state index contributed by atoms with van der Waals surface area (Å²) in [6.45, 7) is 7.34. The number of hydrogen-bond donors (Lipinski definition) is 2. The van der Waals surface area contributed by atoms with E-state index < -0.39 is 29.7 Å². The molecule has 2 saturated heterocycles. The highest BCUT2D eigenvalue weighted by molar-refractivity contribution is 6.23. The molecule has 0 spiro atoms. The quantitative estimate of drug-likeness (QED) is 0.396. The second kappa shape index (κ2) is 8.78. The number of nitrogens with two attached hydrogens (primary N) is 1. The van der Waals surface area contributed by atoms with E-state index in [-0.39, 0.29) is 35.4 Å². The number of hydrogen-bond acceptors (Lipinski definition) is 7. The fraction of sp³-hybridized carbons (Fsp3) is 0.400. The molecule has 0 radical (unpaired) electrons. The van der Waals surface area contributed by atoms with Crippen molar-refractivity contribution in [1.82, 2.24) is 10.2 Å². The van der Waals surface area contributed by atoms with Crippen molar-refractivity contribution in [2.45, 2.75) is 45.2 Å². The summed E-state index contributed by atoms with van der Waals surface area (Å²) in [4.78, 5) is 56.9. The summed E-state index contributed by atoms with van der Waals surface area (Å²) in [5.41, 5.74) is 7.46. The van der Waals surface area contributed by atoms with Crippen LogP contribution in [-0.4, -0.2) is 59.4 Å². The van der Waals surface area contributed by atoms with Crippen LogP contribution in [0.1, 0.15) is 54.3 Å².